The fourth-order valence-electron chi connectivity index (χ4n) is 3.96. The molecular formula is C21H21NO4. The minimum absolute atomic E-state index is 0.0151. The van der Waals surface area contributed by atoms with E-state index in [0.717, 1.165) is 36.8 Å². The van der Waals surface area contributed by atoms with Crippen molar-refractivity contribution in [2.75, 3.05) is 6.61 Å². The SMILES string of the molecule is O=C(NOC(=O)C1CCCC1)OCC1c2ccccc2-c2ccccc21. The van der Waals surface area contributed by atoms with Crippen LogP contribution in [0.4, 0.5) is 4.79 Å². The van der Waals surface area contributed by atoms with Crippen LogP contribution in [0, 0.1) is 5.92 Å². The monoisotopic (exact) mass is 351 g/mol. The number of ether oxygens (including phenoxy) is 1. The van der Waals surface area contributed by atoms with Gasteiger partial charge in [0.1, 0.15) is 6.61 Å². The molecule has 5 nitrogen and oxygen atoms in total. The third kappa shape index (κ3) is 3.17. The average molecular weight is 351 g/mol. The average Bonchev–Trinajstić information content (AvgIpc) is 3.31. The van der Waals surface area contributed by atoms with Crippen molar-refractivity contribution in [3.8, 4) is 11.1 Å². The molecule has 0 bridgehead atoms. The van der Waals surface area contributed by atoms with Crippen LogP contribution in [0.5, 0.6) is 0 Å². The summed E-state index contributed by atoms with van der Waals surface area (Å²) in [6.45, 7) is 0.195. The Morgan fingerprint density at radius 2 is 1.50 bits per heavy atom. The highest BCUT2D eigenvalue weighted by Crippen LogP contribution is 2.44. The molecule has 2 aromatic carbocycles. The lowest BCUT2D eigenvalue weighted by Gasteiger charge is -2.15. The summed E-state index contributed by atoms with van der Waals surface area (Å²) in [4.78, 5) is 28.7. The lowest BCUT2D eigenvalue weighted by molar-refractivity contribution is -0.154. The van der Waals surface area contributed by atoms with Crippen LogP contribution < -0.4 is 5.48 Å². The molecule has 1 amide bonds. The van der Waals surface area contributed by atoms with Gasteiger partial charge in [-0.15, -0.1) is 5.48 Å². The third-order valence-corrected chi connectivity index (χ3v) is 5.27. The molecule has 2 aliphatic rings. The molecule has 5 heteroatoms. The lowest BCUT2D eigenvalue weighted by Crippen LogP contribution is -2.31. The maximum atomic E-state index is 11.9. The molecule has 0 aliphatic heterocycles. The van der Waals surface area contributed by atoms with Crippen LogP contribution in [0.3, 0.4) is 0 Å². The molecule has 134 valence electrons. The Balaban J connectivity index is 1.37. The third-order valence-electron chi connectivity index (χ3n) is 5.27. The molecule has 0 spiro atoms. The number of benzene rings is 2. The number of amides is 1. The molecule has 0 atom stereocenters. The molecule has 2 aromatic rings. The highest BCUT2D eigenvalue weighted by Gasteiger charge is 2.29. The second-order valence-electron chi connectivity index (χ2n) is 6.83. The number of fused-ring (bicyclic) bond motifs is 3. The molecule has 1 N–H and O–H groups in total. The molecule has 1 fully saturated rings. The number of hydroxylamine groups is 1. The maximum Gasteiger partial charge on any atom is 0.440 e. The first-order valence-electron chi connectivity index (χ1n) is 9.05. The predicted molar refractivity (Wildman–Crippen MR) is 96.3 cm³/mol. The minimum Gasteiger partial charge on any atom is -0.446 e. The number of carbonyl (C=O) groups excluding carboxylic acids is 2. The normalized spacial score (nSPS) is 16.0. The van der Waals surface area contributed by atoms with E-state index in [1.807, 2.05) is 24.3 Å². The van der Waals surface area contributed by atoms with Crippen molar-refractivity contribution in [1.82, 2.24) is 5.48 Å². The summed E-state index contributed by atoms with van der Waals surface area (Å²) in [5, 5.41) is 0. The summed E-state index contributed by atoms with van der Waals surface area (Å²) in [6, 6.07) is 16.3. The lowest BCUT2D eigenvalue weighted by atomic mass is 9.98. The fraction of sp³-hybridized carbons (Fsp3) is 0.333. The van der Waals surface area contributed by atoms with E-state index in [-0.39, 0.29) is 24.4 Å². The largest absolute Gasteiger partial charge is 0.446 e. The Morgan fingerprint density at radius 3 is 2.12 bits per heavy atom. The van der Waals surface area contributed by atoms with Crippen LogP contribution in [0.25, 0.3) is 11.1 Å². The van der Waals surface area contributed by atoms with Gasteiger partial charge in [-0.3, -0.25) is 0 Å². The Morgan fingerprint density at radius 1 is 0.923 bits per heavy atom. The van der Waals surface area contributed by atoms with Gasteiger partial charge in [-0.1, -0.05) is 61.4 Å². The quantitative estimate of drug-likeness (QED) is 0.843. The smallest absolute Gasteiger partial charge is 0.440 e. The van der Waals surface area contributed by atoms with Crippen molar-refractivity contribution in [3.05, 3.63) is 59.7 Å². The summed E-state index contributed by atoms with van der Waals surface area (Å²) >= 11 is 0. The van der Waals surface area contributed by atoms with Gasteiger partial charge in [-0.05, 0) is 35.1 Å². The Bertz CT molecular complexity index is 781. The van der Waals surface area contributed by atoms with Crippen LogP contribution in [-0.4, -0.2) is 18.7 Å². The van der Waals surface area contributed by atoms with Gasteiger partial charge in [0.15, 0.2) is 0 Å². The maximum absolute atomic E-state index is 11.9. The first kappa shape index (κ1) is 16.6. The van der Waals surface area contributed by atoms with E-state index in [2.05, 4.69) is 29.7 Å². The van der Waals surface area contributed by atoms with Gasteiger partial charge in [-0.25, -0.2) is 9.59 Å². The molecule has 4 rings (SSSR count). The van der Waals surface area contributed by atoms with Gasteiger partial charge >= 0.3 is 12.1 Å². The summed E-state index contributed by atoms with van der Waals surface area (Å²) in [5.41, 5.74) is 6.75. The van der Waals surface area contributed by atoms with Crippen molar-refractivity contribution < 1.29 is 19.2 Å². The van der Waals surface area contributed by atoms with Crippen LogP contribution in [-0.2, 0) is 14.4 Å². The second kappa shape index (κ2) is 7.20. The van der Waals surface area contributed by atoms with Crippen molar-refractivity contribution in [2.24, 2.45) is 5.92 Å². The Labute approximate surface area is 152 Å². The highest BCUT2D eigenvalue weighted by molar-refractivity contribution is 5.79. The molecule has 0 heterocycles. The Hall–Kier alpha value is -2.82. The van der Waals surface area contributed by atoms with Gasteiger partial charge in [0.2, 0.25) is 0 Å². The number of carbonyl (C=O) groups is 2. The van der Waals surface area contributed by atoms with E-state index in [4.69, 9.17) is 9.57 Å². The van der Waals surface area contributed by atoms with Gasteiger partial charge in [0.05, 0.1) is 5.92 Å². The summed E-state index contributed by atoms with van der Waals surface area (Å²) in [5.74, 6) is -0.501. The molecule has 0 unspecified atom stereocenters. The first-order valence-corrected chi connectivity index (χ1v) is 9.05. The van der Waals surface area contributed by atoms with E-state index < -0.39 is 6.09 Å². The Kier molecular flexibility index (Phi) is 4.61. The minimum atomic E-state index is -0.738. The highest BCUT2D eigenvalue weighted by atomic mass is 16.7. The van der Waals surface area contributed by atoms with E-state index in [1.165, 1.54) is 11.1 Å². The zero-order valence-electron chi connectivity index (χ0n) is 14.4. The summed E-state index contributed by atoms with van der Waals surface area (Å²) in [6.07, 6.45) is 2.98. The summed E-state index contributed by atoms with van der Waals surface area (Å²) < 4.78 is 5.33. The molecule has 2 aliphatic carbocycles. The molecular weight excluding hydrogens is 330 g/mol. The molecule has 1 saturated carbocycles. The van der Waals surface area contributed by atoms with Gasteiger partial charge < -0.3 is 9.57 Å². The zero-order chi connectivity index (χ0) is 17.9. The second-order valence-corrected chi connectivity index (χ2v) is 6.83. The van der Waals surface area contributed by atoms with Crippen LogP contribution in [0.15, 0.2) is 48.5 Å². The number of nitrogens with one attached hydrogen (secondary N) is 1. The summed E-state index contributed by atoms with van der Waals surface area (Å²) in [7, 11) is 0. The van der Waals surface area contributed by atoms with Crippen molar-refractivity contribution in [3.63, 3.8) is 0 Å². The number of hydrogen-bond acceptors (Lipinski definition) is 4. The fourth-order valence-corrected chi connectivity index (χ4v) is 3.96. The van der Waals surface area contributed by atoms with Crippen LogP contribution in [0.1, 0.15) is 42.7 Å². The topological polar surface area (TPSA) is 64.6 Å². The molecule has 0 aromatic heterocycles. The van der Waals surface area contributed by atoms with Crippen molar-refractivity contribution in [1.29, 1.82) is 0 Å². The number of hydrogen-bond donors (Lipinski definition) is 1. The van der Waals surface area contributed by atoms with E-state index in [9.17, 15) is 9.59 Å². The van der Waals surface area contributed by atoms with Crippen LogP contribution in [0.2, 0.25) is 0 Å². The molecule has 0 radical (unpaired) electrons. The number of rotatable bonds is 3. The molecule has 0 saturated heterocycles. The predicted octanol–water partition coefficient (Wildman–Crippen LogP) is 4.17. The van der Waals surface area contributed by atoms with Gasteiger partial charge in [-0.2, -0.15) is 0 Å². The van der Waals surface area contributed by atoms with Crippen LogP contribution >= 0.6 is 0 Å². The van der Waals surface area contributed by atoms with E-state index in [0.29, 0.717) is 0 Å². The standard InChI is InChI=1S/C21H21NO4/c23-20(14-7-1-2-8-14)26-22-21(24)25-13-19-17-11-5-3-9-15(17)16-10-4-6-12-18(16)19/h3-6,9-12,14,19H,1-2,7-8,13H2,(H,22,24). The molecule has 26 heavy (non-hydrogen) atoms. The van der Waals surface area contributed by atoms with Gasteiger partial charge in [0, 0.05) is 5.92 Å². The van der Waals surface area contributed by atoms with E-state index >= 15 is 0 Å². The van der Waals surface area contributed by atoms with Crippen molar-refractivity contribution in [2.45, 2.75) is 31.6 Å². The van der Waals surface area contributed by atoms with Gasteiger partial charge in [0.25, 0.3) is 0 Å². The van der Waals surface area contributed by atoms with Crippen molar-refractivity contribution >= 4 is 12.1 Å². The van der Waals surface area contributed by atoms with E-state index in [1.54, 1.807) is 0 Å². The zero-order valence-corrected chi connectivity index (χ0v) is 14.4. The first-order chi connectivity index (χ1) is 12.7.